The van der Waals surface area contributed by atoms with Crippen molar-refractivity contribution in [3.63, 3.8) is 0 Å². The van der Waals surface area contributed by atoms with Crippen LogP contribution in [0.15, 0.2) is 18.2 Å². The summed E-state index contributed by atoms with van der Waals surface area (Å²) in [5.41, 5.74) is 4.05. The molecule has 1 aromatic carbocycles. The quantitative estimate of drug-likeness (QED) is 0.784. The van der Waals surface area contributed by atoms with Gasteiger partial charge >= 0.3 is 0 Å². The van der Waals surface area contributed by atoms with Crippen LogP contribution in [0.1, 0.15) is 30.4 Å². The van der Waals surface area contributed by atoms with Crippen molar-refractivity contribution in [1.82, 2.24) is 4.90 Å². The van der Waals surface area contributed by atoms with Crippen molar-refractivity contribution in [3.05, 3.63) is 29.3 Å². The van der Waals surface area contributed by atoms with Gasteiger partial charge in [0, 0.05) is 12.2 Å². The number of hydrogen-bond acceptors (Lipinski definition) is 2. The summed E-state index contributed by atoms with van der Waals surface area (Å²) in [6.45, 7) is 9.31. The molecule has 2 nitrogen and oxygen atoms in total. The molecule has 0 atom stereocenters. The summed E-state index contributed by atoms with van der Waals surface area (Å²) in [5.74, 6) is 0. The van der Waals surface area contributed by atoms with E-state index in [1.54, 1.807) is 0 Å². The van der Waals surface area contributed by atoms with E-state index in [-0.39, 0.29) is 0 Å². The van der Waals surface area contributed by atoms with Crippen LogP contribution in [-0.2, 0) is 0 Å². The Morgan fingerprint density at radius 2 is 1.94 bits per heavy atom. The van der Waals surface area contributed by atoms with Crippen LogP contribution >= 0.6 is 0 Å². The average molecular weight is 232 g/mol. The molecule has 2 heteroatoms. The first-order valence-corrected chi connectivity index (χ1v) is 6.80. The fraction of sp³-hybridized carbons (Fsp3) is 0.600. The molecule has 17 heavy (non-hydrogen) atoms. The molecule has 0 bridgehead atoms. The van der Waals surface area contributed by atoms with E-state index in [4.69, 9.17) is 0 Å². The number of nitrogens with zero attached hydrogens (tertiary/aromatic N) is 1. The Labute approximate surface area is 105 Å². The average Bonchev–Trinajstić information content (AvgIpc) is 2.83. The van der Waals surface area contributed by atoms with Gasteiger partial charge in [-0.2, -0.15) is 0 Å². The monoisotopic (exact) mass is 232 g/mol. The molecule has 1 aromatic rings. The fourth-order valence-corrected chi connectivity index (χ4v) is 2.47. The second-order valence-corrected chi connectivity index (χ2v) is 5.08. The number of hydrogen-bond donors (Lipinski definition) is 1. The molecule has 0 spiro atoms. The number of benzene rings is 1. The van der Waals surface area contributed by atoms with Gasteiger partial charge in [0.25, 0.3) is 0 Å². The molecule has 1 aliphatic rings. The minimum Gasteiger partial charge on any atom is -0.385 e. The van der Waals surface area contributed by atoms with E-state index in [0.717, 1.165) is 6.54 Å². The molecule has 0 aliphatic carbocycles. The topological polar surface area (TPSA) is 15.3 Å². The summed E-state index contributed by atoms with van der Waals surface area (Å²) in [5, 5.41) is 3.55. The molecule has 1 aliphatic heterocycles. The molecule has 0 amide bonds. The summed E-state index contributed by atoms with van der Waals surface area (Å²) in [6.07, 6.45) is 4.03. The highest BCUT2D eigenvalue weighted by molar-refractivity contribution is 5.53. The standard InChI is InChI=1S/C15H24N2/c1-13-7-5-8-15(14(13)2)16-9-6-12-17-10-3-4-11-17/h5,7-8,16H,3-4,6,9-12H2,1-2H3. The first-order chi connectivity index (χ1) is 8.27. The highest BCUT2D eigenvalue weighted by Gasteiger charge is 2.10. The second kappa shape index (κ2) is 6.06. The van der Waals surface area contributed by atoms with Gasteiger partial charge in [-0.3, -0.25) is 0 Å². The second-order valence-electron chi connectivity index (χ2n) is 5.08. The van der Waals surface area contributed by atoms with E-state index in [1.165, 1.54) is 55.7 Å². The maximum Gasteiger partial charge on any atom is 0.0372 e. The van der Waals surface area contributed by atoms with Crippen LogP contribution in [0.4, 0.5) is 5.69 Å². The summed E-state index contributed by atoms with van der Waals surface area (Å²) < 4.78 is 0. The van der Waals surface area contributed by atoms with Gasteiger partial charge in [0.05, 0.1) is 0 Å². The van der Waals surface area contributed by atoms with Crippen LogP contribution in [0.25, 0.3) is 0 Å². The van der Waals surface area contributed by atoms with Crippen LogP contribution < -0.4 is 5.32 Å². The van der Waals surface area contributed by atoms with E-state index in [1.807, 2.05) is 0 Å². The van der Waals surface area contributed by atoms with Crippen molar-refractivity contribution in [3.8, 4) is 0 Å². The minimum atomic E-state index is 1.08. The predicted molar refractivity (Wildman–Crippen MR) is 74.7 cm³/mol. The lowest BCUT2D eigenvalue weighted by Crippen LogP contribution is -2.22. The van der Waals surface area contributed by atoms with Crippen LogP contribution in [0, 0.1) is 13.8 Å². The third-order valence-corrected chi connectivity index (χ3v) is 3.77. The molecule has 0 radical (unpaired) electrons. The first-order valence-electron chi connectivity index (χ1n) is 6.80. The molecule has 1 saturated heterocycles. The maximum atomic E-state index is 3.55. The zero-order chi connectivity index (χ0) is 12.1. The Hall–Kier alpha value is -1.02. The smallest absolute Gasteiger partial charge is 0.0372 e. The Morgan fingerprint density at radius 1 is 1.18 bits per heavy atom. The van der Waals surface area contributed by atoms with Gasteiger partial charge < -0.3 is 10.2 Å². The van der Waals surface area contributed by atoms with Crippen molar-refractivity contribution in [2.45, 2.75) is 33.1 Å². The fourth-order valence-electron chi connectivity index (χ4n) is 2.47. The highest BCUT2D eigenvalue weighted by atomic mass is 15.1. The number of rotatable bonds is 5. The van der Waals surface area contributed by atoms with E-state index < -0.39 is 0 Å². The Bertz CT molecular complexity index is 354. The van der Waals surface area contributed by atoms with Gasteiger partial charge in [-0.15, -0.1) is 0 Å². The zero-order valence-electron chi connectivity index (χ0n) is 11.1. The van der Waals surface area contributed by atoms with Gasteiger partial charge in [0.15, 0.2) is 0 Å². The van der Waals surface area contributed by atoms with Crippen LogP contribution in [-0.4, -0.2) is 31.1 Å². The number of nitrogens with one attached hydrogen (secondary N) is 1. The lowest BCUT2D eigenvalue weighted by Gasteiger charge is -2.15. The summed E-state index contributed by atoms with van der Waals surface area (Å²) in [7, 11) is 0. The van der Waals surface area contributed by atoms with E-state index in [0.29, 0.717) is 0 Å². The summed E-state index contributed by atoms with van der Waals surface area (Å²) in [4.78, 5) is 2.57. The third kappa shape index (κ3) is 3.47. The molecular weight excluding hydrogens is 208 g/mol. The summed E-state index contributed by atoms with van der Waals surface area (Å²) in [6, 6.07) is 6.48. The van der Waals surface area contributed by atoms with Gasteiger partial charge in [0.1, 0.15) is 0 Å². The molecule has 94 valence electrons. The highest BCUT2D eigenvalue weighted by Crippen LogP contribution is 2.17. The van der Waals surface area contributed by atoms with Crippen molar-refractivity contribution >= 4 is 5.69 Å². The molecule has 0 unspecified atom stereocenters. The van der Waals surface area contributed by atoms with Crippen LogP contribution in [0.5, 0.6) is 0 Å². The molecule has 1 N–H and O–H groups in total. The van der Waals surface area contributed by atoms with Crippen molar-refractivity contribution in [2.75, 3.05) is 31.5 Å². The summed E-state index contributed by atoms with van der Waals surface area (Å²) >= 11 is 0. The number of aryl methyl sites for hydroxylation is 1. The lowest BCUT2D eigenvalue weighted by molar-refractivity contribution is 0.337. The normalized spacial score (nSPS) is 16.4. The van der Waals surface area contributed by atoms with E-state index >= 15 is 0 Å². The minimum absolute atomic E-state index is 1.08. The molecule has 0 saturated carbocycles. The molecule has 1 heterocycles. The largest absolute Gasteiger partial charge is 0.385 e. The van der Waals surface area contributed by atoms with Gasteiger partial charge in [-0.05, 0) is 69.9 Å². The third-order valence-electron chi connectivity index (χ3n) is 3.77. The van der Waals surface area contributed by atoms with Gasteiger partial charge in [-0.25, -0.2) is 0 Å². The van der Waals surface area contributed by atoms with Crippen molar-refractivity contribution in [1.29, 1.82) is 0 Å². The van der Waals surface area contributed by atoms with Gasteiger partial charge in [-0.1, -0.05) is 12.1 Å². The van der Waals surface area contributed by atoms with Crippen molar-refractivity contribution < 1.29 is 0 Å². The lowest BCUT2D eigenvalue weighted by atomic mass is 10.1. The number of likely N-dealkylation sites (tertiary alicyclic amines) is 1. The Morgan fingerprint density at radius 3 is 2.71 bits per heavy atom. The molecular formula is C15H24N2. The molecule has 0 aromatic heterocycles. The Balaban J connectivity index is 1.72. The SMILES string of the molecule is Cc1cccc(NCCCN2CCCC2)c1C. The van der Waals surface area contributed by atoms with E-state index in [2.05, 4.69) is 42.3 Å². The van der Waals surface area contributed by atoms with Crippen molar-refractivity contribution in [2.24, 2.45) is 0 Å². The Kier molecular flexibility index (Phi) is 4.43. The number of anilines is 1. The predicted octanol–water partition coefficient (Wildman–Crippen LogP) is 3.20. The van der Waals surface area contributed by atoms with E-state index in [9.17, 15) is 0 Å². The maximum absolute atomic E-state index is 3.55. The zero-order valence-corrected chi connectivity index (χ0v) is 11.1. The molecule has 2 rings (SSSR count). The van der Waals surface area contributed by atoms with Gasteiger partial charge in [0.2, 0.25) is 0 Å². The first kappa shape index (κ1) is 12.4. The van der Waals surface area contributed by atoms with Crippen LogP contribution in [0.2, 0.25) is 0 Å². The van der Waals surface area contributed by atoms with Crippen LogP contribution in [0.3, 0.4) is 0 Å². The molecule has 1 fully saturated rings.